The lowest BCUT2D eigenvalue weighted by Gasteiger charge is -2.09. The number of thiol groups is 1. The van der Waals surface area contributed by atoms with Crippen LogP contribution in [0.3, 0.4) is 0 Å². The Morgan fingerprint density at radius 1 is 1.19 bits per heavy atom. The number of carbonyl (C=O) groups excluding carboxylic acids is 1. The van der Waals surface area contributed by atoms with Gasteiger partial charge in [0.05, 0.1) is 12.1 Å². The van der Waals surface area contributed by atoms with E-state index in [0.717, 1.165) is 23.1 Å². The van der Waals surface area contributed by atoms with E-state index in [4.69, 9.17) is 14.9 Å². The molecule has 0 heterocycles. The van der Waals surface area contributed by atoms with Gasteiger partial charge in [-0.3, -0.25) is 10.7 Å². The Bertz CT molecular complexity index is 875. The maximum Gasteiger partial charge on any atom is 0.417 e. The number of nitrogens with zero attached hydrogens (tertiary/aromatic N) is 1. The maximum atomic E-state index is 11.9. The highest BCUT2D eigenvalue weighted by atomic mass is 32.2. The minimum absolute atomic E-state index is 0.00155. The first-order valence-electron chi connectivity index (χ1n) is 7.75. The number of nitriles is 1. The summed E-state index contributed by atoms with van der Waals surface area (Å²) in [4.78, 5) is 11.9. The van der Waals surface area contributed by atoms with Crippen molar-refractivity contribution in [1.82, 2.24) is 5.32 Å². The van der Waals surface area contributed by atoms with E-state index in [1.807, 2.05) is 30.3 Å². The number of hydrogen-bond donors (Lipinski definition) is 3. The van der Waals surface area contributed by atoms with Gasteiger partial charge in [0.1, 0.15) is 28.2 Å². The van der Waals surface area contributed by atoms with Gasteiger partial charge in [0.15, 0.2) is 0 Å². The lowest BCUT2D eigenvalue weighted by molar-refractivity contribution is 0.204. The number of carbonyl (C=O) groups is 1. The molecule has 0 spiro atoms. The SMILES string of the molecule is COc1ccc(CSC(=N)/C(C#N)=C(\S)NC(=O)Oc2ccccc2)cc1. The van der Waals surface area contributed by atoms with Crippen LogP contribution in [0.25, 0.3) is 0 Å². The molecule has 8 heteroatoms. The molecule has 27 heavy (non-hydrogen) atoms. The number of rotatable bonds is 6. The number of thioether (sulfide) groups is 1. The molecule has 138 valence electrons. The average molecular weight is 399 g/mol. The van der Waals surface area contributed by atoms with Crippen molar-refractivity contribution >= 4 is 35.5 Å². The van der Waals surface area contributed by atoms with Crippen molar-refractivity contribution in [1.29, 1.82) is 10.7 Å². The van der Waals surface area contributed by atoms with Crippen molar-refractivity contribution in [2.24, 2.45) is 0 Å². The second-order valence-corrected chi connectivity index (χ2v) is 6.56. The summed E-state index contributed by atoms with van der Waals surface area (Å²) in [6.07, 6.45) is -0.785. The van der Waals surface area contributed by atoms with Crippen molar-refractivity contribution in [3.05, 3.63) is 70.8 Å². The molecule has 0 bridgehead atoms. The zero-order valence-electron chi connectivity index (χ0n) is 14.4. The third kappa shape index (κ3) is 6.40. The second kappa shape index (κ2) is 10.3. The summed E-state index contributed by atoms with van der Waals surface area (Å²) in [5, 5.41) is 19.7. The maximum absolute atomic E-state index is 11.9. The van der Waals surface area contributed by atoms with E-state index in [1.165, 1.54) is 0 Å². The molecule has 0 atom stereocenters. The first-order valence-corrected chi connectivity index (χ1v) is 9.18. The number of ether oxygens (including phenoxy) is 2. The van der Waals surface area contributed by atoms with Gasteiger partial charge in [-0.1, -0.05) is 30.3 Å². The highest BCUT2D eigenvalue weighted by Crippen LogP contribution is 2.21. The number of benzene rings is 2. The number of hydrogen-bond acceptors (Lipinski definition) is 7. The zero-order valence-corrected chi connectivity index (χ0v) is 16.1. The van der Waals surface area contributed by atoms with Crippen LogP contribution in [0, 0.1) is 16.7 Å². The number of para-hydroxylation sites is 1. The highest BCUT2D eigenvalue weighted by Gasteiger charge is 2.14. The third-order valence-corrected chi connectivity index (χ3v) is 4.60. The van der Waals surface area contributed by atoms with Crippen LogP contribution in [0.15, 0.2) is 65.2 Å². The molecule has 0 aromatic heterocycles. The van der Waals surface area contributed by atoms with Crippen LogP contribution in [0.5, 0.6) is 11.5 Å². The average Bonchev–Trinajstić information content (AvgIpc) is 2.68. The fourth-order valence-corrected chi connectivity index (χ4v) is 3.07. The first-order chi connectivity index (χ1) is 13.0. The Morgan fingerprint density at radius 2 is 1.85 bits per heavy atom. The number of nitrogens with one attached hydrogen (secondary N) is 2. The Labute approximate surface area is 167 Å². The van der Waals surface area contributed by atoms with Gasteiger partial charge >= 0.3 is 6.09 Å². The molecular weight excluding hydrogens is 382 g/mol. The smallest absolute Gasteiger partial charge is 0.417 e. The summed E-state index contributed by atoms with van der Waals surface area (Å²) in [5.41, 5.74) is 0.932. The molecule has 0 fully saturated rings. The van der Waals surface area contributed by atoms with Gasteiger partial charge in [-0.2, -0.15) is 5.26 Å². The van der Waals surface area contributed by atoms with Crippen LogP contribution in [0.4, 0.5) is 4.79 Å². The van der Waals surface area contributed by atoms with Gasteiger partial charge in [-0.25, -0.2) is 4.79 Å². The van der Waals surface area contributed by atoms with E-state index in [0.29, 0.717) is 11.5 Å². The van der Waals surface area contributed by atoms with Gasteiger partial charge in [0.2, 0.25) is 0 Å². The molecule has 0 unspecified atom stereocenters. The summed E-state index contributed by atoms with van der Waals surface area (Å²) >= 11 is 5.29. The van der Waals surface area contributed by atoms with E-state index in [-0.39, 0.29) is 15.6 Å². The van der Waals surface area contributed by atoms with Gasteiger partial charge in [-0.15, -0.1) is 24.4 Å². The summed E-state index contributed by atoms with van der Waals surface area (Å²) in [5.74, 6) is 1.59. The largest absolute Gasteiger partial charge is 0.497 e. The monoisotopic (exact) mass is 399 g/mol. The van der Waals surface area contributed by atoms with Crippen molar-refractivity contribution in [2.45, 2.75) is 5.75 Å². The van der Waals surface area contributed by atoms with E-state index < -0.39 is 6.09 Å². The Morgan fingerprint density at radius 3 is 2.44 bits per heavy atom. The standard InChI is InChI=1S/C19H17N3O3S2/c1-24-14-9-7-13(8-10-14)12-27-17(21)16(11-20)18(26)22-19(23)25-15-5-3-2-4-6-15/h2-10,21,26H,12H2,1H3,(H,22,23)/b18-16-,21-17?. The lowest BCUT2D eigenvalue weighted by atomic mass is 10.2. The van der Waals surface area contributed by atoms with Crippen LogP contribution < -0.4 is 14.8 Å². The minimum atomic E-state index is -0.785. The quantitative estimate of drug-likeness (QED) is 0.290. The van der Waals surface area contributed by atoms with Crippen molar-refractivity contribution in [2.75, 3.05) is 7.11 Å². The molecule has 0 aliphatic rings. The van der Waals surface area contributed by atoms with Crippen LogP contribution in [-0.4, -0.2) is 18.2 Å². The molecule has 2 aromatic carbocycles. The molecule has 2 rings (SSSR count). The molecular formula is C19H17N3O3S2. The summed E-state index contributed by atoms with van der Waals surface area (Å²) in [6, 6.07) is 17.8. The van der Waals surface area contributed by atoms with Gasteiger partial charge < -0.3 is 9.47 Å². The van der Waals surface area contributed by atoms with Crippen molar-refractivity contribution < 1.29 is 14.3 Å². The molecule has 0 aliphatic heterocycles. The molecule has 0 saturated carbocycles. The van der Waals surface area contributed by atoms with Crippen LogP contribution >= 0.6 is 24.4 Å². The first kappa shape index (κ1) is 20.4. The van der Waals surface area contributed by atoms with Crippen LogP contribution in [-0.2, 0) is 5.75 Å². The minimum Gasteiger partial charge on any atom is -0.497 e. The molecule has 0 radical (unpaired) electrons. The van der Waals surface area contributed by atoms with Crippen molar-refractivity contribution in [3.63, 3.8) is 0 Å². The fraction of sp³-hybridized carbons (Fsp3) is 0.105. The molecule has 2 N–H and O–H groups in total. The summed E-state index contributed by atoms with van der Waals surface area (Å²) in [7, 11) is 1.59. The number of amides is 1. The van der Waals surface area contributed by atoms with Gasteiger partial charge in [-0.05, 0) is 29.8 Å². The topological polar surface area (TPSA) is 95.2 Å². The summed E-state index contributed by atoms with van der Waals surface area (Å²) < 4.78 is 10.2. The molecule has 2 aromatic rings. The lowest BCUT2D eigenvalue weighted by Crippen LogP contribution is -2.25. The number of methoxy groups -OCH3 is 1. The zero-order chi connectivity index (χ0) is 19.6. The predicted octanol–water partition coefficient (Wildman–Crippen LogP) is 4.36. The van der Waals surface area contributed by atoms with Gasteiger partial charge in [0.25, 0.3) is 0 Å². The molecule has 0 saturated heterocycles. The predicted molar refractivity (Wildman–Crippen MR) is 109 cm³/mol. The second-order valence-electron chi connectivity index (χ2n) is 5.13. The molecule has 1 amide bonds. The summed E-state index contributed by atoms with van der Waals surface area (Å²) in [6.45, 7) is 0. The van der Waals surface area contributed by atoms with E-state index in [9.17, 15) is 10.1 Å². The normalized spacial score (nSPS) is 11.0. The molecule has 0 aliphatic carbocycles. The Kier molecular flexibility index (Phi) is 7.79. The van der Waals surface area contributed by atoms with Gasteiger partial charge in [0, 0.05) is 5.75 Å². The third-order valence-electron chi connectivity index (χ3n) is 3.29. The fourth-order valence-electron chi connectivity index (χ4n) is 1.94. The highest BCUT2D eigenvalue weighted by molar-refractivity contribution is 8.13. The Hall–Kier alpha value is -2.89. The van der Waals surface area contributed by atoms with Crippen LogP contribution in [0.2, 0.25) is 0 Å². The van der Waals surface area contributed by atoms with Crippen LogP contribution in [0.1, 0.15) is 5.56 Å². The Balaban J connectivity index is 1.96. The van der Waals surface area contributed by atoms with E-state index in [1.54, 1.807) is 37.4 Å². The van der Waals surface area contributed by atoms with Crippen molar-refractivity contribution in [3.8, 4) is 17.6 Å². The molecule has 6 nitrogen and oxygen atoms in total. The van der Waals surface area contributed by atoms with E-state index in [2.05, 4.69) is 17.9 Å². The van der Waals surface area contributed by atoms with E-state index >= 15 is 0 Å².